The number of benzene rings is 1. The molecule has 1 atom stereocenters. The Labute approximate surface area is 126 Å². The van der Waals surface area contributed by atoms with Gasteiger partial charge in [0.15, 0.2) is 0 Å². The summed E-state index contributed by atoms with van der Waals surface area (Å²) in [6, 6.07) is 7.32. The Hall–Kier alpha value is -1.59. The summed E-state index contributed by atoms with van der Waals surface area (Å²) in [5, 5.41) is 9.77. The zero-order valence-corrected chi connectivity index (χ0v) is 12.9. The molecule has 5 heteroatoms. The van der Waals surface area contributed by atoms with Gasteiger partial charge < -0.3 is 14.6 Å². The molecule has 0 aliphatic rings. The number of halogens is 1. The minimum Gasteiger partial charge on any atom is -0.497 e. The molecule has 0 aliphatic carbocycles. The molecular formula is C15H16BrNO3. The molecule has 1 heterocycles. The van der Waals surface area contributed by atoms with Crippen molar-refractivity contribution in [1.29, 1.82) is 0 Å². The minimum atomic E-state index is -0.600. The van der Waals surface area contributed by atoms with Crippen LogP contribution >= 0.6 is 15.9 Å². The van der Waals surface area contributed by atoms with E-state index in [0.717, 1.165) is 15.6 Å². The molecule has 0 saturated heterocycles. The van der Waals surface area contributed by atoms with Crippen LogP contribution in [-0.4, -0.2) is 17.2 Å². The molecule has 0 radical (unpaired) electrons. The first-order valence-electron chi connectivity index (χ1n) is 6.18. The zero-order chi connectivity index (χ0) is 14.5. The lowest BCUT2D eigenvalue weighted by Gasteiger charge is -2.14. The predicted octanol–water partition coefficient (Wildman–Crippen LogP) is 3.49. The van der Waals surface area contributed by atoms with Crippen molar-refractivity contribution in [2.75, 3.05) is 7.11 Å². The van der Waals surface area contributed by atoms with Crippen molar-refractivity contribution in [3.8, 4) is 11.5 Å². The highest BCUT2D eigenvalue weighted by Gasteiger charge is 2.11. The molecule has 1 aromatic carbocycles. The Morgan fingerprint density at radius 2 is 2.10 bits per heavy atom. The van der Waals surface area contributed by atoms with Gasteiger partial charge in [0, 0.05) is 34.1 Å². The van der Waals surface area contributed by atoms with Gasteiger partial charge in [0.05, 0.1) is 13.2 Å². The number of aliphatic hydroxyl groups is 1. The number of aromatic nitrogens is 1. The summed E-state index contributed by atoms with van der Waals surface area (Å²) < 4.78 is 11.9. The molecule has 1 aromatic heterocycles. The van der Waals surface area contributed by atoms with Crippen molar-refractivity contribution in [3.63, 3.8) is 0 Å². The van der Waals surface area contributed by atoms with Crippen molar-refractivity contribution in [3.05, 3.63) is 52.3 Å². The van der Waals surface area contributed by atoms with E-state index in [9.17, 15) is 5.11 Å². The van der Waals surface area contributed by atoms with E-state index in [1.165, 1.54) is 0 Å². The normalized spacial score (nSPS) is 12.0. The zero-order valence-electron chi connectivity index (χ0n) is 11.3. The van der Waals surface area contributed by atoms with Crippen LogP contribution < -0.4 is 9.47 Å². The van der Waals surface area contributed by atoms with Gasteiger partial charge in [-0.05, 0) is 41.1 Å². The van der Waals surface area contributed by atoms with Crippen LogP contribution in [-0.2, 0) is 6.61 Å². The number of aliphatic hydroxyl groups excluding tert-OH is 1. The summed E-state index contributed by atoms with van der Waals surface area (Å²) in [7, 11) is 1.60. The average molecular weight is 338 g/mol. The van der Waals surface area contributed by atoms with E-state index >= 15 is 0 Å². The summed E-state index contributed by atoms with van der Waals surface area (Å²) in [5.74, 6) is 1.30. The van der Waals surface area contributed by atoms with Crippen LogP contribution in [0.15, 0.2) is 41.1 Å². The summed E-state index contributed by atoms with van der Waals surface area (Å²) in [5.41, 5.74) is 1.67. The van der Waals surface area contributed by atoms with Gasteiger partial charge in [0.2, 0.25) is 0 Å². The van der Waals surface area contributed by atoms with Gasteiger partial charge in [-0.25, -0.2) is 0 Å². The average Bonchev–Trinajstić information content (AvgIpc) is 2.44. The number of rotatable bonds is 5. The third-order valence-corrected chi connectivity index (χ3v) is 3.26. The van der Waals surface area contributed by atoms with Crippen molar-refractivity contribution < 1.29 is 14.6 Å². The Bertz CT molecular complexity index is 587. The Morgan fingerprint density at radius 1 is 1.30 bits per heavy atom. The van der Waals surface area contributed by atoms with E-state index in [1.54, 1.807) is 44.6 Å². The minimum absolute atomic E-state index is 0.374. The molecule has 4 nitrogen and oxygen atoms in total. The second kappa shape index (κ2) is 6.72. The standard InChI is InChI=1S/C15H16BrNO3/c1-10(18)14-4-3-13(19-2)6-15(14)20-9-11-5-12(16)8-17-7-11/h3-8,10,18H,9H2,1-2H3/t10-/m0/s1. The van der Waals surface area contributed by atoms with Crippen LogP contribution in [0.25, 0.3) is 0 Å². The van der Waals surface area contributed by atoms with Crippen LogP contribution in [0.2, 0.25) is 0 Å². The third-order valence-electron chi connectivity index (χ3n) is 2.83. The molecule has 0 aliphatic heterocycles. The van der Waals surface area contributed by atoms with Crippen molar-refractivity contribution in [2.45, 2.75) is 19.6 Å². The lowest BCUT2D eigenvalue weighted by atomic mass is 10.1. The summed E-state index contributed by atoms with van der Waals surface area (Å²) in [6.07, 6.45) is 2.86. The number of nitrogens with zero attached hydrogens (tertiary/aromatic N) is 1. The largest absolute Gasteiger partial charge is 0.497 e. The van der Waals surface area contributed by atoms with Gasteiger partial charge in [-0.15, -0.1) is 0 Å². The van der Waals surface area contributed by atoms with Crippen LogP contribution in [0.5, 0.6) is 11.5 Å². The van der Waals surface area contributed by atoms with Gasteiger partial charge in [-0.2, -0.15) is 0 Å². The fourth-order valence-corrected chi connectivity index (χ4v) is 2.22. The first-order chi connectivity index (χ1) is 9.60. The molecule has 0 amide bonds. The van der Waals surface area contributed by atoms with Crippen molar-refractivity contribution in [1.82, 2.24) is 4.98 Å². The highest BCUT2D eigenvalue weighted by atomic mass is 79.9. The maximum Gasteiger partial charge on any atom is 0.129 e. The molecule has 2 rings (SSSR count). The van der Waals surface area contributed by atoms with Crippen LogP contribution in [0.4, 0.5) is 0 Å². The molecule has 0 spiro atoms. The molecule has 20 heavy (non-hydrogen) atoms. The fourth-order valence-electron chi connectivity index (χ4n) is 1.81. The monoisotopic (exact) mass is 337 g/mol. The molecule has 2 aromatic rings. The highest BCUT2D eigenvalue weighted by Crippen LogP contribution is 2.30. The molecule has 0 fully saturated rings. The van der Waals surface area contributed by atoms with Crippen LogP contribution in [0.3, 0.4) is 0 Å². The van der Waals surface area contributed by atoms with E-state index in [-0.39, 0.29) is 0 Å². The van der Waals surface area contributed by atoms with E-state index in [4.69, 9.17) is 9.47 Å². The number of methoxy groups -OCH3 is 1. The number of ether oxygens (including phenoxy) is 2. The molecule has 1 N–H and O–H groups in total. The Morgan fingerprint density at radius 3 is 2.75 bits per heavy atom. The summed E-state index contributed by atoms with van der Waals surface area (Å²) in [4.78, 5) is 4.09. The van der Waals surface area contributed by atoms with Crippen LogP contribution in [0.1, 0.15) is 24.2 Å². The van der Waals surface area contributed by atoms with Crippen molar-refractivity contribution in [2.24, 2.45) is 0 Å². The van der Waals surface area contributed by atoms with Gasteiger partial charge >= 0.3 is 0 Å². The summed E-state index contributed by atoms with van der Waals surface area (Å²) >= 11 is 3.37. The quantitative estimate of drug-likeness (QED) is 0.907. The van der Waals surface area contributed by atoms with E-state index in [1.807, 2.05) is 6.07 Å². The van der Waals surface area contributed by atoms with Gasteiger partial charge in [-0.3, -0.25) is 4.98 Å². The third kappa shape index (κ3) is 3.71. The first kappa shape index (κ1) is 14.8. The Kier molecular flexibility index (Phi) is 4.98. The molecule has 0 unspecified atom stereocenters. The fraction of sp³-hybridized carbons (Fsp3) is 0.267. The molecule has 106 valence electrons. The maximum absolute atomic E-state index is 9.77. The lowest BCUT2D eigenvalue weighted by molar-refractivity contribution is 0.190. The lowest BCUT2D eigenvalue weighted by Crippen LogP contribution is -2.02. The van der Waals surface area contributed by atoms with Gasteiger partial charge in [-0.1, -0.05) is 0 Å². The highest BCUT2D eigenvalue weighted by molar-refractivity contribution is 9.10. The topological polar surface area (TPSA) is 51.6 Å². The van der Waals surface area contributed by atoms with E-state index < -0.39 is 6.10 Å². The number of hydrogen-bond acceptors (Lipinski definition) is 4. The number of hydrogen-bond donors (Lipinski definition) is 1. The van der Waals surface area contributed by atoms with E-state index in [2.05, 4.69) is 20.9 Å². The van der Waals surface area contributed by atoms with Crippen LogP contribution in [0, 0.1) is 0 Å². The summed E-state index contributed by atoms with van der Waals surface area (Å²) in [6.45, 7) is 2.08. The van der Waals surface area contributed by atoms with Gasteiger partial charge in [0.1, 0.15) is 18.1 Å². The Balaban J connectivity index is 2.19. The first-order valence-corrected chi connectivity index (χ1v) is 6.97. The maximum atomic E-state index is 9.77. The molecular weight excluding hydrogens is 322 g/mol. The van der Waals surface area contributed by atoms with Gasteiger partial charge in [0.25, 0.3) is 0 Å². The molecule has 0 bridgehead atoms. The number of pyridine rings is 1. The predicted molar refractivity (Wildman–Crippen MR) is 79.9 cm³/mol. The second-order valence-corrected chi connectivity index (χ2v) is 5.30. The SMILES string of the molecule is COc1ccc([C@H](C)O)c(OCc2cncc(Br)c2)c1. The van der Waals surface area contributed by atoms with E-state index in [0.29, 0.717) is 18.1 Å². The molecule has 0 saturated carbocycles. The smallest absolute Gasteiger partial charge is 0.129 e. The van der Waals surface area contributed by atoms with Crippen molar-refractivity contribution >= 4 is 15.9 Å². The second-order valence-electron chi connectivity index (χ2n) is 4.38.